The molecule has 0 unspecified atom stereocenters. The van der Waals surface area contributed by atoms with E-state index in [-0.39, 0.29) is 29.9 Å². The molecule has 0 spiro atoms. The summed E-state index contributed by atoms with van der Waals surface area (Å²) >= 11 is 0. The van der Waals surface area contributed by atoms with Crippen molar-refractivity contribution in [3.8, 4) is 0 Å². The first kappa shape index (κ1) is 21.7. The minimum atomic E-state index is -0.0636. The highest BCUT2D eigenvalue weighted by Crippen LogP contribution is 2.28. The zero-order valence-corrected chi connectivity index (χ0v) is 17.6. The molecule has 1 amide bonds. The summed E-state index contributed by atoms with van der Waals surface area (Å²) < 4.78 is 0. The van der Waals surface area contributed by atoms with Gasteiger partial charge in [0.2, 0.25) is 0 Å². The number of amides is 1. The van der Waals surface area contributed by atoms with E-state index in [4.69, 9.17) is 0 Å². The zero-order chi connectivity index (χ0) is 17.2. The van der Waals surface area contributed by atoms with Gasteiger partial charge in [-0.25, -0.2) is 0 Å². The van der Waals surface area contributed by atoms with Crippen LogP contribution in [0.4, 0.5) is 0 Å². The van der Waals surface area contributed by atoms with Crippen molar-refractivity contribution in [1.82, 2.24) is 16.0 Å². The molecule has 1 aliphatic rings. The van der Waals surface area contributed by atoms with Gasteiger partial charge in [0.05, 0.1) is 0 Å². The summed E-state index contributed by atoms with van der Waals surface area (Å²) in [5.41, 5.74) is 1.74. The lowest BCUT2D eigenvalue weighted by Crippen LogP contribution is -2.37. The second-order valence-electron chi connectivity index (χ2n) is 6.42. The normalized spacial score (nSPS) is 14.7. The molecule has 0 aromatic heterocycles. The van der Waals surface area contributed by atoms with Crippen LogP contribution in [0, 0.1) is 5.92 Å². The maximum Gasteiger partial charge on any atom is 0.251 e. The second kappa shape index (κ2) is 12.1. The average Bonchev–Trinajstić information content (AvgIpc) is 3.14. The highest BCUT2D eigenvalue weighted by atomic mass is 127. The fraction of sp³-hybridized carbons (Fsp3) is 0.579. The molecule has 0 saturated heterocycles. The molecule has 140 valence electrons. The van der Waals surface area contributed by atoms with Crippen LogP contribution in [0.25, 0.3) is 0 Å². The van der Waals surface area contributed by atoms with Crippen molar-refractivity contribution in [2.45, 2.75) is 45.1 Å². The Morgan fingerprint density at radius 3 is 2.68 bits per heavy atom. The Labute approximate surface area is 168 Å². The van der Waals surface area contributed by atoms with Gasteiger partial charge >= 0.3 is 0 Å². The SMILES string of the molecule is CN=C(NCCCC1CCCC1)NCc1cccc(C(=O)NC)c1.I. The molecule has 2 rings (SSSR count). The number of guanidine groups is 1. The highest BCUT2D eigenvalue weighted by molar-refractivity contribution is 14.0. The van der Waals surface area contributed by atoms with Crippen molar-refractivity contribution in [3.05, 3.63) is 35.4 Å². The van der Waals surface area contributed by atoms with E-state index in [0.29, 0.717) is 12.1 Å². The standard InChI is InChI=1S/C19H30N4O.HI/c1-20-18(24)17-11-5-9-16(13-17)14-23-19(21-2)22-12-6-10-15-7-3-4-8-15;/h5,9,11,13,15H,3-4,6-8,10,12,14H2,1-2H3,(H,20,24)(H2,21,22,23);1H. The van der Waals surface area contributed by atoms with Gasteiger partial charge in [0.15, 0.2) is 5.96 Å². The van der Waals surface area contributed by atoms with Crippen molar-refractivity contribution >= 4 is 35.8 Å². The molecule has 0 atom stereocenters. The summed E-state index contributed by atoms with van der Waals surface area (Å²) in [5, 5.41) is 9.32. The Hall–Kier alpha value is -1.31. The molecule has 1 fully saturated rings. The minimum absolute atomic E-state index is 0. The molecule has 3 N–H and O–H groups in total. The van der Waals surface area contributed by atoms with Crippen LogP contribution in [-0.2, 0) is 6.54 Å². The molecular formula is C19H31IN4O. The highest BCUT2D eigenvalue weighted by Gasteiger charge is 2.14. The molecule has 6 heteroatoms. The maximum atomic E-state index is 11.7. The van der Waals surface area contributed by atoms with Crippen LogP contribution in [0.2, 0.25) is 0 Å². The average molecular weight is 458 g/mol. The minimum Gasteiger partial charge on any atom is -0.356 e. The lowest BCUT2D eigenvalue weighted by molar-refractivity contribution is 0.0963. The third kappa shape index (κ3) is 7.63. The molecule has 1 aromatic carbocycles. The van der Waals surface area contributed by atoms with E-state index < -0.39 is 0 Å². The Morgan fingerprint density at radius 2 is 2.00 bits per heavy atom. The van der Waals surface area contributed by atoms with Crippen molar-refractivity contribution in [2.75, 3.05) is 20.6 Å². The number of halogens is 1. The Kier molecular flexibility index (Phi) is 10.5. The first-order valence-electron chi connectivity index (χ1n) is 8.98. The topological polar surface area (TPSA) is 65.5 Å². The quantitative estimate of drug-likeness (QED) is 0.254. The fourth-order valence-electron chi connectivity index (χ4n) is 3.27. The van der Waals surface area contributed by atoms with Gasteiger partial charge in [-0.2, -0.15) is 0 Å². The van der Waals surface area contributed by atoms with Crippen molar-refractivity contribution in [1.29, 1.82) is 0 Å². The number of nitrogens with zero attached hydrogens (tertiary/aromatic N) is 1. The Balaban J connectivity index is 0.00000312. The van der Waals surface area contributed by atoms with Crippen molar-refractivity contribution in [3.63, 3.8) is 0 Å². The van der Waals surface area contributed by atoms with Gasteiger partial charge in [0.25, 0.3) is 5.91 Å². The fourth-order valence-corrected chi connectivity index (χ4v) is 3.27. The second-order valence-corrected chi connectivity index (χ2v) is 6.42. The lowest BCUT2D eigenvalue weighted by Gasteiger charge is -2.13. The summed E-state index contributed by atoms with van der Waals surface area (Å²) in [7, 11) is 3.43. The van der Waals surface area contributed by atoms with Crippen LogP contribution >= 0.6 is 24.0 Å². The third-order valence-corrected chi connectivity index (χ3v) is 4.66. The number of hydrogen-bond donors (Lipinski definition) is 3. The van der Waals surface area contributed by atoms with Gasteiger partial charge in [0, 0.05) is 32.7 Å². The van der Waals surface area contributed by atoms with E-state index in [9.17, 15) is 4.79 Å². The molecule has 5 nitrogen and oxygen atoms in total. The predicted molar refractivity (Wildman–Crippen MR) is 115 cm³/mol. The van der Waals surface area contributed by atoms with Crippen LogP contribution in [0.5, 0.6) is 0 Å². The summed E-state index contributed by atoms with van der Waals surface area (Å²) in [6.45, 7) is 1.60. The zero-order valence-electron chi connectivity index (χ0n) is 15.3. The number of carbonyl (C=O) groups excluding carboxylic acids is 1. The molecular weight excluding hydrogens is 427 g/mol. The molecule has 25 heavy (non-hydrogen) atoms. The summed E-state index contributed by atoms with van der Waals surface area (Å²) in [4.78, 5) is 15.9. The summed E-state index contributed by atoms with van der Waals surface area (Å²) in [6, 6.07) is 7.63. The first-order valence-corrected chi connectivity index (χ1v) is 8.98. The maximum absolute atomic E-state index is 11.7. The van der Waals surface area contributed by atoms with Crippen LogP contribution in [-0.4, -0.2) is 32.5 Å². The van der Waals surface area contributed by atoms with Gasteiger partial charge in [-0.3, -0.25) is 9.79 Å². The third-order valence-electron chi connectivity index (χ3n) is 4.66. The number of aliphatic imine (C=N–C) groups is 1. The number of rotatable bonds is 7. The lowest BCUT2D eigenvalue weighted by atomic mass is 10.0. The first-order chi connectivity index (χ1) is 11.7. The molecule has 0 aliphatic heterocycles. The van der Waals surface area contributed by atoms with Gasteiger partial charge in [-0.1, -0.05) is 37.8 Å². The number of nitrogens with one attached hydrogen (secondary N) is 3. The molecule has 1 aliphatic carbocycles. The molecule has 0 bridgehead atoms. The summed E-state index contributed by atoms with van der Waals surface area (Å²) in [5.74, 6) is 1.69. The number of hydrogen-bond acceptors (Lipinski definition) is 2. The van der Waals surface area contributed by atoms with Gasteiger partial charge < -0.3 is 16.0 Å². The van der Waals surface area contributed by atoms with Gasteiger partial charge in [-0.15, -0.1) is 24.0 Å². The Morgan fingerprint density at radius 1 is 1.24 bits per heavy atom. The smallest absolute Gasteiger partial charge is 0.251 e. The van der Waals surface area contributed by atoms with E-state index in [1.165, 1.54) is 38.5 Å². The summed E-state index contributed by atoms with van der Waals surface area (Å²) in [6.07, 6.45) is 8.16. The number of benzene rings is 1. The molecule has 1 aromatic rings. The van der Waals surface area contributed by atoms with Gasteiger partial charge in [0.1, 0.15) is 0 Å². The van der Waals surface area contributed by atoms with Crippen molar-refractivity contribution in [2.24, 2.45) is 10.9 Å². The molecule has 0 heterocycles. The largest absolute Gasteiger partial charge is 0.356 e. The van der Waals surface area contributed by atoms with Crippen molar-refractivity contribution < 1.29 is 4.79 Å². The molecule has 0 radical (unpaired) electrons. The van der Waals surface area contributed by atoms with E-state index in [1.54, 1.807) is 14.1 Å². The Bertz CT molecular complexity index is 556. The van der Waals surface area contributed by atoms with Gasteiger partial charge in [-0.05, 0) is 36.5 Å². The number of carbonyl (C=O) groups is 1. The van der Waals surface area contributed by atoms with E-state index in [0.717, 1.165) is 24.0 Å². The van der Waals surface area contributed by atoms with Crippen LogP contribution < -0.4 is 16.0 Å². The van der Waals surface area contributed by atoms with E-state index in [1.807, 2.05) is 24.3 Å². The van der Waals surface area contributed by atoms with E-state index >= 15 is 0 Å². The predicted octanol–water partition coefficient (Wildman–Crippen LogP) is 3.30. The molecule has 1 saturated carbocycles. The van der Waals surface area contributed by atoms with Crippen LogP contribution in [0.3, 0.4) is 0 Å². The van der Waals surface area contributed by atoms with E-state index in [2.05, 4.69) is 20.9 Å². The van der Waals surface area contributed by atoms with Crippen LogP contribution in [0.1, 0.15) is 54.4 Å². The van der Waals surface area contributed by atoms with Crippen LogP contribution in [0.15, 0.2) is 29.3 Å². The monoisotopic (exact) mass is 458 g/mol.